The van der Waals surface area contributed by atoms with Crippen molar-refractivity contribution in [3.63, 3.8) is 0 Å². The maximum atomic E-state index is 13.3. The fourth-order valence-electron chi connectivity index (χ4n) is 7.31. The number of ether oxygens (including phenoxy) is 3. The van der Waals surface area contributed by atoms with Crippen LogP contribution in [0.1, 0.15) is 104 Å². The number of cyclic esters (lactones) is 1. The van der Waals surface area contributed by atoms with Crippen molar-refractivity contribution >= 4 is 11.8 Å². The average molecular weight is 594 g/mol. The van der Waals surface area contributed by atoms with Crippen LogP contribution in [0.3, 0.4) is 0 Å². The lowest BCUT2D eigenvalue weighted by Gasteiger charge is -2.45. The van der Waals surface area contributed by atoms with Gasteiger partial charge in [-0.05, 0) is 82.1 Å². The standard InChI is InChI=1S/C37H55NO5/c1-5-9-29(16-17-32-24-30(39)19-21-41-32)35-25-34(28-10-6-11-28)37(4,38)20-18-26(2)22-27(3)23-33-14-7-12-31(42-33)13-8-15-36(40)43-35/h7-8,12,15-17,19,21,27-29,31-35H,2,5-6,9-11,13-14,18,20,22-25,38H2,1,3-4H3/b15-8-,17-16+. The van der Waals surface area contributed by atoms with Crippen molar-refractivity contribution in [1.82, 2.24) is 0 Å². The monoisotopic (exact) mass is 593 g/mol. The molecule has 43 heavy (non-hydrogen) atoms. The minimum Gasteiger partial charge on any atom is -0.493 e. The van der Waals surface area contributed by atoms with Gasteiger partial charge in [-0.25, -0.2) is 4.79 Å². The molecule has 2 N–H and O–H groups in total. The van der Waals surface area contributed by atoms with E-state index in [0.717, 1.165) is 51.4 Å². The molecule has 0 amide bonds. The highest BCUT2D eigenvalue weighted by Gasteiger charge is 2.41. The van der Waals surface area contributed by atoms with Gasteiger partial charge in [-0.3, -0.25) is 4.79 Å². The summed E-state index contributed by atoms with van der Waals surface area (Å²) in [6, 6.07) is 0. The van der Waals surface area contributed by atoms with Gasteiger partial charge in [0.1, 0.15) is 12.2 Å². The van der Waals surface area contributed by atoms with Crippen LogP contribution in [0, 0.1) is 23.7 Å². The van der Waals surface area contributed by atoms with Gasteiger partial charge in [0.2, 0.25) is 0 Å². The molecule has 1 saturated carbocycles. The zero-order valence-electron chi connectivity index (χ0n) is 26.8. The van der Waals surface area contributed by atoms with E-state index in [9.17, 15) is 9.59 Å². The minimum absolute atomic E-state index is 0.00267. The summed E-state index contributed by atoms with van der Waals surface area (Å²) >= 11 is 0. The Morgan fingerprint density at radius 2 is 1.95 bits per heavy atom. The summed E-state index contributed by atoms with van der Waals surface area (Å²) in [5.41, 5.74) is 8.07. The Labute approximate surface area is 259 Å². The summed E-state index contributed by atoms with van der Waals surface area (Å²) in [6.45, 7) is 11.1. The number of allylic oxidation sites excluding steroid dienone is 2. The van der Waals surface area contributed by atoms with Crippen molar-refractivity contribution < 1.29 is 23.8 Å². The predicted octanol–water partition coefficient (Wildman–Crippen LogP) is 7.69. The first kappa shape index (κ1) is 33.5. The lowest BCUT2D eigenvalue weighted by Crippen LogP contribution is -2.51. The Bertz CT molecular complexity index is 1070. The molecule has 0 saturated heterocycles. The molecule has 1 aliphatic carbocycles. The van der Waals surface area contributed by atoms with Crippen LogP contribution < -0.4 is 5.73 Å². The van der Waals surface area contributed by atoms with Gasteiger partial charge in [0.15, 0.2) is 5.78 Å². The van der Waals surface area contributed by atoms with Crippen molar-refractivity contribution in [1.29, 1.82) is 0 Å². The number of rotatable bonds is 6. The van der Waals surface area contributed by atoms with Crippen molar-refractivity contribution in [2.45, 2.75) is 134 Å². The molecule has 8 atom stereocenters. The number of carbonyl (C=O) groups excluding carboxylic acids is 2. The molecule has 0 spiro atoms. The van der Waals surface area contributed by atoms with Gasteiger partial charge >= 0.3 is 5.97 Å². The molecule has 0 aromatic rings. The largest absolute Gasteiger partial charge is 0.493 e. The van der Waals surface area contributed by atoms with Crippen LogP contribution in [-0.2, 0) is 23.8 Å². The van der Waals surface area contributed by atoms with Gasteiger partial charge in [0.25, 0.3) is 0 Å². The molecule has 0 aromatic carbocycles. The van der Waals surface area contributed by atoms with Crippen molar-refractivity contribution in [2.24, 2.45) is 29.4 Å². The van der Waals surface area contributed by atoms with Crippen LogP contribution in [0.4, 0.5) is 0 Å². The van der Waals surface area contributed by atoms with Gasteiger partial charge in [0, 0.05) is 23.6 Å². The quantitative estimate of drug-likeness (QED) is 0.251. The molecular formula is C37H55NO5. The number of fused-ring (bicyclic) bond motifs is 2. The normalized spacial score (nSPS) is 36.7. The Kier molecular flexibility index (Phi) is 12.5. The van der Waals surface area contributed by atoms with E-state index < -0.39 is 5.54 Å². The Morgan fingerprint density at radius 1 is 1.14 bits per heavy atom. The predicted molar refractivity (Wildman–Crippen MR) is 172 cm³/mol. The molecule has 2 bridgehead atoms. The molecule has 238 valence electrons. The Morgan fingerprint density at radius 3 is 2.67 bits per heavy atom. The first-order valence-electron chi connectivity index (χ1n) is 16.8. The highest BCUT2D eigenvalue weighted by molar-refractivity contribution is 5.90. The topological polar surface area (TPSA) is 87.9 Å². The van der Waals surface area contributed by atoms with Gasteiger partial charge in [-0.15, -0.1) is 0 Å². The highest BCUT2D eigenvalue weighted by atomic mass is 16.5. The lowest BCUT2D eigenvalue weighted by molar-refractivity contribution is -0.147. The summed E-state index contributed by atoms with van der Waals surface area (Å²) in [5, 5.41) is 0. The molecule has 3 aliphatic heterocycles. The number of hydrogen-bond acceptors (Lipinski definition) is 6. The third-order valence-electron chi connectivity index (χ3n) is 9.96. The van der Waals surface area contributed by atoms with E-state index in [0.29, 0.717) is 24.7 Å². The van der Waals surface area contributed by atoms with Crippen molar-refractivity contribution in [3.8, 4) is 0 Å². The summed E-state index contributed by atoms with van der Waals surface area (Å²) in [4.78, 5) is 25.3. The first-order valence-corrected chi connectivity index (χ1v) is 16.8. The van der Waals surface area contributed by atoms with Gasteiger partial charge in [-0.2, -0.15) is 0 Å². The van der Waals surface area contributed by atoms with E-state index in [1.807, 2.05) is 12.2 Å². The Hall–Kier alpha value is -2.44. The maximum Gasteiger partial charge on any atom is 0.330 e. The van der Waals surface area contributed by atoms with E-state index in [1.54, 1.807) is 6.08 Å². The van der Waals surface area contributed by atoms with Crippen molar-refractivity contribution in [3.05, 3.63) is 60.9 Å². The maximum absolute atomic E-state index is 13.3. The molecular weight excluding hydrogens is 538 g/mol. The van der Waals surface area contributed by atoms with E-state index in [1.165, 1.54) is 37.2 Å². The van der Waals surface area contributed by atoms with Crippen LogP contribution in [0.5, 0.6) is 0 Å². The molecule has 0 radical (unpaired) electrons. The molecule has 3 heterocycles. The second kappa shape index (κ2) is 16.0. The zero-order chi connectivity index (χ0) is 30.8. The summed E-state index contributed by atoms with van der Waals surface area (Å²) in [6.07, 6.45) is 26.1. The molecule has 6 heteroatoms. The molecule has 4 aliphatic rings. The molecule has 6 nitrogen and oxygen atoms in total. The summed E-state index contributed by atoms with van der Waals surface area (Å²) < 4.78 is 18.4. The van der Waals surface area contributed by atoms with E-state index in [4.69, 9.17) is 19.9 Å². The Balaban J connectivity index is 1.60. The number of ketones is 1. The molecule has 0 aromatic heterocycles. The first-order chi connectivity index (χ1) is 20.6. The SMILES string of the molecule is C=C1CCC(C)(N)C(C2CCC2)CC(C(/C=C/C2CC(=O)C=CO2)CCC)OC(=O)/C=C\CC2C=CCC(CC(C)C1)O2. The molecule has 8 unspecified atom stereocenters. The second-order valence-electron chi connectivity index (χ2n) is 13.9. The van der Waals surface area contributed by atoms with Gasteiger partial charge in [-0.1, -0.05) is 76.0 Å². The van der Waals surface area contributed by atoms with Crippen LogP contribution in [0.25, 0.3) is 0 Å². The zero-order valence-corrected chi connectivity index (χ0v) is 26.8. The fraction of sp³-hybridized carbons (Fsp3) is 0.676. The number of hydrogen-bond donors (Lipinski definition) is 1. The highest BCUT2D eigenvalue weighted by Crippen LogP contribution is 2.44. The number of esters is 1. The molecule has 4 rings (SSSR count). The number of carbonyl (C=O) groups is 2. The van der Waals surface area contributed by atoms with E-state index in [2.05, 4.69) is 45.6 Å². The molecule has 1 fully saturated rings. The van der Waals surface area contributed by atoms with Crippen LogP contribution in [0.2, 0.25) is 0 Å². The minimum atomic E-state index is -0.405. The van der Waals surface area contributed by atoms with Crippen LogP contribution in [-0.4, -0.2) is 41.7 Å². The van der Waals surface area contributed by atoms with Crippen molar-refractivity contribution in [2.75, 3.05) is 0 Å². The van der Waals surface area contributed by atoms with E-state index >= 15 is 0 Å². The summed E-state index contributed by atoms with van der Waals surface area (Å²) in [5.74, 6) is 0.986. The van der Waals surface area contributed by atoms with Gasteiger partial charge < -0.3 is 19.9 Å². The summed E-state index contributed by atoms with van der Waals surface area (Å²) in [7, 11) is 0. The van der Waals surface area contributed by atoms with Crippen LogP contribution >= 0.6 is 0 Å². The van der Waals surface area contributed by atoms with Gasteiger partial charge in [0.05, 0.1) is 24.9 Å². The lowest BCUT2D eigenvalue weighted by atomic mass is 9.64. The smallest absolute Gasteiger partial charge is 0.330 e. The average Bonchev–Trinajstić information content (AvgIpc) is 2.92. The second-order valence-corrected chi connectivity index (χ2v) is 13.9. The third-order valence-corrected chi connectivity index (χ3v) is 9.96. The number of nitrogens with two attached hydrogens (primary N) is 1. The third kappa shape index (κ3) is 10.3. The van der Waals surface area contributed by atoms with Crippen LogP contribution in [0.15, 0.2) is 60.9 Å². The van der Waals surface area contributed by atoms with E-state index in [-0.39, 0.29) is 48.0 Å². The fourth-order valence-corrected chi connectivity index (χ4v) is 7.31.